The lowest BCUT2D eigenvalue weighted by Gasteiger charge is -2.36. The Labute approximate surface area is 104 Å². The van der Waals surface area contributed by atoms with E-state index in [4.69, 9.17) is 4.84 Å². The third-order valence-electron chi connectivity index (χ3n) is 2.30. The van der Waals surface area contributed by atoms with Crippen molar-refractivity contribution < 1.29 is 4.84 Å². The van der Waals surface area contributed by atoms with Gasteiger partial charge in [-0.2, -0.15) is 0 Å². The van der Waals surface area contributed by atoms with Crippen LogP contribution >= 0.6 is 0 Å². The van der Waals surface area contributed by atoms with Crippen LogP contribution in [0.5, 0.6) is 0 Å². The van der Waals surface area contributed by atoms with Gasteiger partial charge in [-0.05, 0) is 20.8 Å². The van der Waals surface area contributed by atoms with Crippen LogP contribution in [0.25, 0.3) is 0 Å². The summed E-state index contributed by atoms with van der Waals surface area (Å²) in [5.41, 5.74) is -0.231. The molecule has 1 rings (SSSR count). The van der Waals surface area contributed by atoms with E-state index in [0.29, 0.717) is 0 Å². The van der Waals surface area contributed by atoms with Crippen LogP contribution in [0, 0.1) is 0 Å². The molecule has 0 aliphatic carbocycles. The van der Waals surface area contributed by atoms with Gasteiger partial charge in [0.2, 0.25) is 5.96 Å². The van der Waals surface area contributed by atoms with Gasteiger partial charge in [0.15, 0.2) is 0 Å². The summed E-state index contributed by atoms with van der Waals surface area (Å²) in [6.07, 6.45) is 1.56. The van der Waals surface area contributed by atoms with Gasteiger partial charge in [-0.1, -0.05) is 6.58 Å². The molecule has 0 amide bonds. The molecule has 0 aromatic rings. The molecule has 0 aromatic carbocycles. The molecule has 1 aliphatic rings. The van der Waals surface area contributed by atoms with E-state index in [1.54, 1.807) is 11.3 Å². The van der Waals surface area contributed by atoms with Gasteiger partial charge in [-0.25, -0.2) is 10.1 Å². The van der Waals surface area contributed by atoms with E-state index in [1.807, 2.05) is 27.8 Å². The molecule has 1 heterocycles. The molecular weight excluding hydrogens is 216 g/mol. The van der Waals surface area contributed by atoms with Crippen LogP contribution in [-0.2, 0) is 4.84 Å². The Bertz CT molecular complexity index is 277. The summed E-state index contributed by atoms with van der Waals surface area (Å²) in [4.78, 5) is 12.3. The van der Waals surface area contributed by atoms with Crippen LogP contribution in [0.2, 0.25) is 0 Å². The molecule has 1 fully saturated rings. The van der Waals surface area contributed by atoms with Gasteiger partial charge in [0, 0.05) is 39.4 Å². The number of hydroxylamine groups is 2. The first-order valence-corrected chi connectivity index (χ1v) is 6.01. The number of piperazine rings is 1. The SMILES string of the molecule is C=CN=C(N1CCNCC1)N(C)OC(C)(C)C. The second kappa shape index (κ2) is 6.02. The van der Waals surface area contributed by atoms with E-state index in [0.717, 1.165) is 32.1 Å². The molecule has 1 aliphatic heterocycles. The zero-order valence-electron chi connectivity index (χ0n) is 11.4. The third-order valence-corrected chi connectivity index (χ3v) is 2.30. The molecule has 0 aromatic heterocycles. The van der Waals surface area contributed by atoms with Crippen LogP contribution in [-0.4, -0.2) is 54.8 Å². The topological polar surface area (TPSA) is 40.1 Å². The quantitative estimate of drug-likeness (QED) is 0.445. The lowest BCUT2D eigenvalue weighted by atomic mass is 10.2. The molecule has 5 nitrogen and oxygen atoms in total. The fraction of sp³-hybridized carbons (Fsp3) is 0.750. The first-order chi connectivity index (χ1) is 7.94. The number of hydrogen-bond donors (Lipinski definition) is 1. The second-order valence-electron chi connectivity index (χ2n) is 5.05. The molecular formula is C12H24N4O. The van der Waals surface area contributed by atoms with Crippen molar-refractivity contribution in [2.24, 2.45) is 4.99 Å². The molecule has 1 saturated heterocycles. The number of rotatable bonds is 2. The molecule has 0 radical (unpaired) electrons. The van der Waals surface area contributed by atoms with Gasteiger partial charge >= 0.3 is 0 Å². The van der Waals surface area contributed by atoms with Crippen LogP contribution in [0.1, 0.15) is 20.8 Å². The monoisotopic (exact) mass is 240 g/mol. The predicted molar refractivity (Wildman–Crippen MR) is 70.7 cm³/mol. The van der Waals surface area contributed by atoms with E-state index in [-0.39, 0.29) is 5.60 Å². The Kier molecular flexibility index (Phi) is 4.96. The van der Waals surface area contributed by atoms with Gasteiger partial charge in [-0.3, -0.25) is 4.84 Å². The molecule has 17 heavy (non-hydrogen) atoms. The lowest BCUT2D eigenvalue weighted by Crippen LogP contribution is -2.52. The van der Waals surface area contributed by atoms with E-state index < -0.39 is 0 Å². The fourth-order valence-corrected chi connectivity index (χ4v) is 1.76. The number of guanidine groups is 1. The maximum atomic E-state index is 5.80. The smallest absolute Gasteiger partial charge is 0.225 e. The largest absolute Gasteiger partial charge is 0.338 e. The summed E-state index contributed by atoms with van der Waals surface area (Å²) in [6.45, 7) is 13.5. The Morgan fingerprint density at radius 2 is 2.00 bits per heavy atom. The van der Waals surface area contributed by atoms with Gasteiger partial charge in [0.1, 0.15) is 0 Å². The zero-order chi connectivity index (χ0) is 12.9. The number of aliphatic imine (C=N–C) groups is 1. The molecule has 1 N–H and O–H groups in total. The van der Waals surface area contributed by atoms with Crippen molar-refractivity contribution in [3.8, 4) is 0 Å². The Morgan fingerprint density at radius 1 is 1.41 bits per heavy atom. The van der Waals surface area contributed by atoms with Crippen molar-refractivity contribution in [1.82, 2.24) is 15.3 Å². The van der Waals surface area contributed by atoms with Gasteiger partial charge in [0.25, 0.3) is 0 Å². The van der Waals surface area contributed by atoms with Crippen molar-refractivity contribution in [1.29, 1.82) is 0 Å². The third kappa shape index (κ3) is 4.75. The first-order valence-electron chi connectivity index (χ1n) is 6.01. The summed E-state index contributed by atoms with van der Waals surface area (Å²) in [6, 6.07) is 0. The highest BCUT2D eigenvalue weighted by atomic mass is 16.7. The summed E-state index contributed by atoms with van der Waals surface area (Å²) in [5.74, 6) is 0.816. The van der Waals surface area contributed by atoms with E-state index >= 15 is 0 Å². The Hall–Kier alpha value is -1.07. The van der Waals surface area contributed by atoms with Crippen molar-refractivity contribution in [3.05, 3.63) is 12.8 Å². The molecule has 98 valence electrons. The first kappa shape index (κ1) is 14.0. The minimum Gasteiger partial charge on any atom is -0.338 e. The predicted octanol–water partition coefficient (Wildman–Crippen LogP) is 1.05. The fourth-order valence-electron chi connectivity index (χ4n) is 1.76. The maximum Gasteiger partial charge on any atom is 0.225 e. The van der Waals surface area contributed by atoms with Crippen molar-refractivity contribution in [2.75, 3.05) is 33.2 Å². The molecule has 0 saturated carbocycles. The summed E-state index contributed by atoms with van der Waals surface area (Å²) in [7, 11) is 1.88. The minimum atomic E-state index is -0.231. The highest BCUT2D eigenvalue weighted by molar-refractivity contribution is 5.79. The van der Waals surface area contributed by atoms with E-state index in [9.17, 15) is 0 Å². The number of nitrogens with one attached hydrogen (secondary N) is 1. The summed E-state index contributed by atoms with van der Waals surface area (Å²) < 4.78 is 0. The van der Waals surface area contributed by atoms with Crippen molar-refractivity contribution >= 4 is 5.96 Å². The highest BCUT2D eigenvalue weighted by Crippen LogP contribution is 2.11. The van der Waals surface area contributed by atoms with Gasteiger partial charge in [0.05, 0.1) is 5.60 Å². The average Bonchev–Trinajstić information content (AvgIpc) is 2.24. The van der Waals surface area contributed by atoms with Crippen LogP contribution in [0.15, 0.2) is 17.8 Å². The Balaban J connectivity index is 2.70. The Morgan fingerprint density at radius 3 is 2.47 bits per heavy atom. The van der Waals surface area contributed by atoms with Gasteiger partial charge < -0.3 is 10.2 Å². The number of nitrogens with zero attached hydrogens (tertiary/aromatic N) is 3. The lowest BCUT2D eigenvalue weighted by molar-refractivity contribution is -0.173. The normalized spacial score (nSPS) is 18.1. The zero-order valence-corrected chi connectivity index (χ0v) is 11.4. The van der Waals surface area contributed by atoms with E-state index in [1.165, 1.54) is 0 Å². The van der Waals surface area contributed by atoms with Crippen molar-refractivity contribution in [2.45, 2.75) is 26.4 Å². The maximum absolute atomic E-state index is 5.80. The van der Waals surface area contributed by atoms with E-state index in [2.05, 4.69) is 21.8 Å². The van der Waals surface area contributed by atoms with Crippen molar-refractivity contribution in [3.63, 3.8) is 0 Å². The molecule has 0 bridgehead atoms. The summed E-state index contributed by atoms with van der Waals surface area (Å²) >= 11 is 0. The number of hydrogen-bond acceptors (Lipinski definition) is 3. The standard InChI is InChI=1S/C12H24N4O/c1-6-14-11(15(5)17-12(2,3)4)16-9-7-13-8-10-16/h6,13H,1,7-10H2,2-5H3. The highest BCUT2D eigenvalue weighted by Gasteiger charge is 2.22. The molecule has 0 spiro atoms. The molecule has 0 unspecified atom stereocenters. The average molecular weight is 240 g/mol. The second-order valence-corrected chi connectivity index (χ2v) is 5.05. The summed E-state index contributed by atoms with van der Waals surface area (Å²) in [5, 5.41) is 5.05. The van der Waals surface area contributed by atoms with Gasteiger partial charge in [-0.15, -0.1) is 0 Å². The van der Waals surface area contributed by atoms with Crippen LogP contribution in [0.4, 0.5) is 0 Å². The van der Waals surface area contributed by atoms with Crippen LogP contribution < -0.4 is 5.32 Å². The van der Waals surface area contributed by atoms with Crippen LogP contribution in [0.3, 0.4) is 0 Å². The molecule has 0 atom stereocenters. The molecule has 5 heteroatoms. The minimum absolute atomic E-state index is 0.231.